The van der Waals surface area contributed by atoms with Gasteiger partial charge in [0.05, 0.1) is 11.4 Å². The Morgan fingerprint density at radius 1 is 1.13 bits per heavy atom. The molecule has 0 saturated heterocycles. The molecule has 166 valence electrons. The number of carbonyl (C=O) groups is 1. The van der Waals surface area contributed by atoms with Crippen LogP contribution in [0, 0.1) is 6.92 Å². The summed E-state index contributed by atoms with van der Waals surface area (Å²) in [6, 6.07) is 8.49. The molecule has 1 heterocycles. The highest BCUT2D eigenvalue weighted by Gasteiger charge is 2.27. The first-order chi connectivity index (χ1) is 14.0. The number of nitrogens with one attached hydrogen (secondary N) is 1. The monoisotopic (exact) mass is 435 g/mol. The third kappa shape index (κ3) is 6.67. The van der Waals surface area contributed by atoms with Crippen molar-refractivity contribution in [2.45, 2.75) is 70.6 Å². The Labute approximate surface area is 179 Å². The van der Waals surface area contributed by atoms with Gasteiger partial charge in [0.25, 0.3) is 0 Å². The zero-order chi connectivity index (χ0) is 22.4. The highest BCUT2D eigenvalue weighted by atomic mass is 32.2. The average molecular weight is 436 g/mol. The van der Waals surface area contributed by atoms with Crippen LogP contribution in [0.4, 0.5) is 5.82 Å². The number of carbonyl (C=O) groups excluding carboxylic acids is 1. The first-order valence-corrected chi connectivity index (χ1v) is 11.8. The van der Waals surface area contributed by atoms with Crippen molar-refractivity contribution in [2.24, 2.45) is 0 Å². The Kier molecular flexibility index (Phi) is 8.20. The molecule has 0 aliphatic heterocycles. The SMILES string of the molecule is CCCCCCN(CC(=O)Nc1cc(C)on1)S(=O)(=O)c1ccc(C(C)(C)C)cc1. The molecule has 7 nitrogen and oxygen atoms in total. The number of sulfonamides is 1. The predicted molar refractivity (Wildman–Crippen MR) is 118 cm³/mol. The summed E-state index contributed by atoms with van der Waals surface area (Å²) in [5.74, 6) is 0.386. The molecule has 0 spiro atoms. The van der Waals surface area contributed by atoms with Gasteiger partial charge in [-0.05, 0) is 36.5 Å². The molecular weight excluding hydrogens is 402 g/mol. The van der Waals surface area contributed by atoms with E-state index in [4.69, 9.17) is 4.52 Å². The molecule has 1 N–H and O–H groups in total. The fourth-order valence-electron chi connectivity index (χ4n) is 3.04. The van der Waals surface area contributed by atoms with Crippen molar-refractivity contribution in [1.82, 2.24) is 9.46 Å². The van der Waals surface area contributed by atoms with Crippen LogP contribution in [-0.4, -0.2) is 36.9 Å². The van der Waals surface area contributed by atoms with Gasteiger partial charge < -0.3 is 9.84 Å². The van der Waals surface area contributed by atoms with E-state index in [2.05, 4.69) is 38.2 Å². The minimum atomic E-state index is -3.80. The van der Waals surface area contributed by atoms with Crippen molar-refractivity contribution < 1.29 is 17.7 Å². The number of amides is 1. The maximum absolute atomic E-state index is 13.3. The maximum atomic E-state index is 13.3. The van der Waals surface area contributed by atoms with Crippen LogP contribution in [-0.2, 0) is 20.2 Å². The van der Waals surface area contributed by atoms with Crippen LogP contribution >= 0.6 is 0 Å². The second kappa shape index (κ2) is 10.2. The fraction of sp³-hybridized carbons (Fsp3) is 0.545. The molecule has 0 fully saturated rings. The van der Waals surface area contributed by atoms with Crippen LogP contribution in [0.25, 0.3) is 0 Å². The Hall–Kier alpha value is -2.19. The van der Waals surface area contributed by atoms with Crippen molar-refractivity contribution >= 4 is 21.7 Å². The topological polar surface area (TPSA) is 92.5 Å². The molecule has 0 aliphatic rings. The van der Waals surface area contributed by atoms with Gasteiger partial charge in [-0.15, -0.1) is 0 Å². The second-order valence-corrected chi connectivity index (χ2v) is 10.5. The summed E-state index contributed by atoms with van der Waals surface area (Å²) in [5.41, 5.74) is 0.979. The molecule has 0 unspecified atom stereocenters. The molecule has 8 heteroatoms. The van der Waals surface area contributed by atoms with Gasteiger partial charge in [0.15, 0.2) is 5.82 Å². The van der Waals surface area contributed by atoms with E-state index in [1.807, 2.05) is 12.1 Å². The van der Waals surface area contributed by atoms with E-state index in [1.165, 1.54) is 4.31 Å². The highest BCUT2D eigenvalue weighted by Crippen LogP contribution is 2.25. The Bertz CT molecular complexity index is 928. The number of rotatable bonds is 10. The number of unbranched alkanes of at least 4 members (excludes halogenated alkanes) is 3. The van der Waals surface area contributed by atoms with E-state index < -0.39 is 15.9 Å². The van der Waals surface area contributed by atoms with Gasteiger partial charge >= 0.3 is 0 Å². The number of hydrogen-bond donors (Lipinski definition) is 1. The molecule has 2 rings (SSSR count). The van der Waals surface area contributed by atoms with Crippen molar-refractivity contribution in [3.8, 4) is 0 Å². The van der Waals surface area contributed by atoms with Crippen molar-refractivity contribution in [1.29, 1.82) is 0 Å². The lowest BCUT2D eigenvalue weighted by Gasteiger charge is -2.23. The van der Waals surface area contributed by atoms with Crippen molar-refractivity contribution in [3.05, 3.63) is 41.7 Å². The van der Waals surface area contributed by atoms with E-state index in [9.17, 15) is 13.2 Å². The third-order valence-electron chi connectivity index (χ3n) is 4.83. The van der Waals surface area contributed by atoms with Crippen LogP contribution in [0.5, 0.6) is 0 Å². The number of hydrogen-bond acceptors (Lipinski definition) is 5. The van der Waals surface area contributed by atoms with Gasteiger partial charge in [0.1, 0.15) is 5.76 Å². The Morgan fingerprint density at radius 2 is 1.80 bits per heavy atom. The van der Waals surface area contributed by atoms with Crippen molar-refractivity contribution in [3.63, 3.8) is 0 Å². The summed E-state index contributed by atoms with van der Waals surface area (Å²) in [4.78, 5) is 12.7. The summed E-state index contributed by atoms with van der Waals surface area (Å²) >= 11 is 0. The number of aromatic nitrogens is 1. The molecule has 0 bridgehead atoms. The number of benzene rings is 1. The summed E-state index contributed by atoms with van der Waals surface area (Å²) in [6.45, 7) is 10.1. The van der Waals surface area contributed by atoms with Gasteiger partial charge in [-0.3, -0.25) is 4.79 Å². The summed E-state index contributed by atoms with van der Waals surface area (Å²) in [5, 5.41) is 6.33. The summed E-state index contributed by atoms with van der Waals surface area (Å²) in [6.07, 6.45) is 3.69. The first kappa shape index (κ1) is 24.1. The summed E-state index contributed by atoms with van der Waals surface area (Å²) in [7, 11) is -3.80. The zero-order valence-corrected chi connectivity index (χ0v) is 19.4. The smallest absolute Gasteiger partial charge is 0.243 e. The van der Waals surface area contributed by atoms with Gasteiger partial charge in [-0.25, -0.2) is 8.42 Å². The summed E-state index contributed by atoms with van der Waals surface area (Å²) < 4.78 is 32.7. The molecule has 1 aromatic carbocycles. The van der Waals surface area contributed by atoms with E-state index >= 15 is 0 Å². The van der Waals surface area contributed by atoms with Gasteiger partial charge in [0.2, 0.25) is 15.9 Å². The quantitative estimate of drug-likeness (QED) is 0.555. The highest BCUT2D eigenvalue weighted by molar-refractivity contribution is 7.89. The Balaban J connectivity index is 2.19. The number of aryl methyl sites for hydroxylation is 1. The minimum absolute atomic E-state index is 0.0717. The normalized spacial score (nSPS) is 12.3. The number of anilines is 1. The van der Waals surface area contributed by atoms with E-state index in [-0.39, 0.29) is 29.2 Å². The standard InChI is InChI=1S/C22H33N3O4S/c1-6-7-8-9-14-25(16-21(26)23-20-15-17(2)29-24-20)30(27,28)19-12-10-18(11-13-19)22(3,4)5/h10-13,15H,6-9,14,16H2,1-5H3,(H,23,24,26). The molecule has 30 heavy (non-hydrogen) atoms. The second-order valence-electron chi connectivity index (χ2n) is 8.54. The van der Waals surface area contributed by atoms with Crippen LogP contribution < -0.4 is 5.32 Å². The van der Waals surface area contributed by atoms with E-state index in [0.29, 0.717) is 12.2 Å². The largest absolute Gasteiger partial charge is 0.360 e. The zero-order valence-electron chi connectivity index (χ0n) is 18.6. The van der Waals surface area contributed by atoms with Crippen LogP contribution in [0.2, 0.25) is 0 Å². The predicted octanol–water partition coefficient (Wildman–Crippen LogP) is 4.49. The maximum Gasteiger partial charge on any atom is 0.243 e. The molecule has 1 aromatic heterocycles. The lowest BCUT2D eigenvalue weighted by Crippen LogP contribution is -2.38. The molecular formula is C22H33N3O4S. The van der Waals surface area contributed by atoms with E-state index in [0.717, 1.165) is 24.8 Å². The van der Waals surface area contributed by atoms with Crippen molar-refractivity contribution in [2.75, 3.05) is 18.4 Å². The average Bonchev–Trinajstić information content (AvgIpc) is 3.08. The molecule has 0 radical (unpaired) electrons. The minimum Gasteiger partial charge on any atom is -0.360 e. The van der Waals surface area contributed by atoms with Crippen LogP contribution in [0.3, 0.4) is 0 Å². The third-order valence-corrected chi connectivity index (χ3v) is 6.69. The lowest BCUT2D eigenvalue weighted by molar-refractivity contribution is -0.116. The number of nitrogens with zero attached hydrogens (tertiary/aromatic N) is 2. The van der Waals surface area contributed by atoms with Crippen LogP contribution in [0.15, 0.2) is 39.8 Å². The Morgan fingerprint density at radius 3 is 2.33 bits per heavy atom. The molecule has 1 amide bonds. The molecule has 0 aliphatic carbocycles. The molecule has 0 atom stereocenters. The molecule has 0 saturated carbocycles. The van der Waals surface area contributed by atoms with Gasteiger partial charge in [-0.2, -0.15) is 4.31 Å². The fourth-order valence-corrected chi connectivity index (χ4v) is 4.48. The van der Waals surface area contributed by atoms with Gasteiger partial charge in [-0.1, -0.05) is 64.2 Å². The lowest BCUT2D eigenvalue weighted by atomic mass is 9.87. The molecule has 2 aromatic rings. The first-order valence-electron chi connectivity index (χ1n) is 10.4. The van der Waals surface area contributed by atoms with E-state index in [1.54, 1.807) is 25.1 Å². The van der Waals surface area contributed by atoms with Gasteiger partial charge in [0, 0.05) is 12.6 Å². The van der Waals surface area contributed by atoms with Crippen LogP contribution in [0.1, 0.15) is 64.7 Å².